The molecule has 2 N–H and O–H groups in total. The van der Waals surface area contributed by atoms with Crippen molar-refractivity contribution in [3.8, 4) is 5.75 Å². The summed E-state index contributed by atoms with van der Waals surface area (Å²) in [6.45, 7) is 2.19. The number of aromatic nitrogens is 3. The first kappa shape index (κ1) is 17.7. The highest BCUT2D eigenvalue weighted by Gasteiger charge is 2.09. The second kappa shape index (κ2) is 7.38. The standard InChI is InChI=1S/C18H21N5O3/c1-4-5-11-8-16(24)26-14-9-12(6-7-13(11)14)25-10-15-20-17(19)22-18(21-15)23(2)3/h6-9H,4-5,10H2,1-3H3,(H2,19,20,21,22). The number of benzene rings is 1. The topological polar surface area (TPSA) is 107 Å². The molecule has 0 radical (unpaired) electrons. The molecule has 0 fully saturated rings. The fourth-order valence-electron chi connectivity index (χ4n) is 2.61. The molecule has 0 aliphatic heterocycles. The highest BCUT2D eigenvalue weighted by molar-refractivity contribution is 5.81. The van der Waals surface area contributed by atoms with Crippen molar-refractivity contribution in [2.75, 3.05) is 24.7 Å². The number of aryl methyl sites for hydroxylation is 1. The van der Waals surface area contributed by atoms with Crippen LogP contribution in [0.2, 0.25) is 0 Å². The molecule has 0 saturated heterocycles. The number of hydrogen-bond donors (Lipinski definition) is 1. The van der Waals surface area contributed by atoms with E-state index in [0.29, 0.717) is 23.1 Å². The Balaban J connectivity index is 1.85. The fraction of sp³-hybridized carbons (Fsp3) is 0.333. The highest BCUT2D eigenvalue weighted by atomic mass is 16.5. The van der Waals surface area contributed by atoms with E-state index in [9.17, 15) is 4.79 Å². The average Bonchev–Trinajstić information content (AvgIpc) is 2.59. The van der Waals surface area contributed by atoms with Crippen LogP contribution < -0.4 is 21.0 Å². The van der Waals surface area contributed by atoms with E-state index in [1.807, 2.05) is 26.2 Å². The van der Waals surface area contributed by atoms with Crippen LogP contribution in [0.1, 0.15) is 24.7 Å². The summed E-state index contributed by atoms with van der Waals surface area (Å²) in [6.07, 6.45) is 1.77. The molecule has 3 aromatic rings. The zero-order valence-electron chi connectivity index (χ0n) is 15.0. The van der Waals surface area contributed by atoms with Gasteiger partial charge in [0.2, 0.25) is 11.9 Å². The summed E-state index contributed by atoms with van der Waals surface area (Å²) in [5.41, 5.74) is 6.83. The van der Waals surface area contributed by atoms with Crippen molar-refractivity contribution in [1.82, 2.24) is 15.0 Å². The Morgan fingerprint density at radius 3 is 2.73 bits per heavy atom. The van der Waals surface area contributed by atoms with Gasteiger partial charge in [-0.05, 0) is 24.1 Å². The van der Waals surface area contributed by atoms with Crippen LogP contribution >= 0.6 is 0 Å². The van der Waals surface area contributed by atoms with E-state index in [1.165, 1.54) is 0 Å². The molecule has 8 heteroatoms. The molecule has 136 valence electrons. The number of nitrogens with zero attached hydrogens (tertiary/aromatic N) is 4. The maximum absolute atomic E-state index is 11.8. The first-order valence-corrected chi connectivity index (χ1v) is 8.33. The van der Waals surface area contributed by atoms with Gasteiger partial charge in [-0.3, -0.25) is 0 Å². The number of fused-ring (bicyclic) bond motifs is 1. The Kier molecular flexibility index (Phi) is 5.01. The van der Waals surface area contributed by atoms with E-state index < -0.39 is 0 Å². The Labute approximate surface area is 150 Å². The SMILES string of the molecule is CCCc1cc(=O)oc2cc(OCc3nc(N)nc(N(C)C)n3)ccc12. The van der Waals surface area contributed by atoms with Crippen LogP contribution in [0.25, 0.3) is 11.0 Å². The van der Waals surface area contributed by atoms with Gasteiger partial charge in [-0.15, -0.1) is 0 Å². The summed E-state index contributed by atoms with van der Waals surface area (Å²) in [5, 5.41) is 0.915. The quantitative estimate of drug-likeness (QED) is 0.670. The number of ether oxygens (including phenoxy) is 1. The summed E-state index contributed by atoms with van der Waals surface area (Å²) in [5.74, 6) is 1.57. The molecule has 0 spiro atoms. The molecule has 0 saturated carbocycles. The lowest BCUT2D eigenvalue weighted by Crippen LogP contribution is -2.16. The normalized spacial score (nSPS) is 10.9. The van der Waals surface area contributed by atoms with Gasteiger partial charge in [0.05, 0.1) is 0 Å². The van der Waals surface area contributed by atoms with E-state index in [2.05, 4.69) is 21.9 Å². The molecule has 0 atom stereocenters. The lowest BCUT2D eigenvalue weighted by atomic mass is 10.1. The van der Waals surface area contributed by atoms with E-state index >= 15 is 0 Å². The predicted octanol–water partition coefficient (Wildman–Crippen LogP) is 2.16. The van der Waals surface area contributed by atoms with Gasteiger partial charge in [0, 0.05) is 31.6 Å². The van der Waals surface area contributed by atoms with Crippen molar-refractivity contribution in [3.05, 3.63) is 46.1 Å². The van der Waals surface area contributed by atoms with Crippen molar-refractivity contribution in [3.63, 3.8) is 0 Å². The molecule has 0 aliphatic carbocycles. The third kappa shape index (κ3) is 3.90. The van der Waals surface area contributed by atoms with Crippen LogP contribution in [-0.4, -0.2) is 29.0 Å². The third-order valence-electron chi connectivity index (χ3n) is 3.78. The van der Waals surface area contributed by atoms with Gasteiger partial charge in [-0.1, -0.05) is 13.3 Å². The van der Waals surface area contributed by atoms with Crippen LogP contribution in [0.4, 0.5) is 11.9 Å². The summed E-state index contributed by atoms with van der Waals surface area (Å²) in [4.78, 5) is 25.9. The van der Waals surface area contributed by atoms with Crippen molar-refractivity contribution < 1.29 is 9.15 Å². The summed E-state index contributed by atoms with van der Waals surface area (Å²) >= 11 is 0. The molecule has 8 nitrogen and oxygen atoms in total. The average molecular weight is 355 g/mol. The van der Waals surface area contributed by atoms with Gasteiger partial charge >= 0.3 is 5.63 Å². The van der Waals surface area contributed by atoms with Crippen molar-refractivity contribution >= 4 is 22.9 Å². The van der Waals surface area contributed by atoms with Crippen LogP contribution in [0.3, 0.4) is 0 Å². The minimum Gasteiger partial charge on any atom is -0.485 e. The molecule has 2 heterocycles. The maximum atomic E-state index is 11.8. The third-order valence-corrected chi connectivity index (χ3v) is 3.78. The summed E-state index contributed by atoms with van der Waals surface area (Å²) in [6, 6.07) is 6.97. The fourth-order valence-corrected chi connectivity index (χ4v) is 2.61. The Hall–Kier alpha value is -3.16. The van der Waals surface area contributed by atoms with Gasteiger partial charge in [0.25, 0.3) is 0 Å². The Morgan fingerprint density at radius 2 is 2.00 bits per heavy atom. The molecule has 3 rings (SSSR count). The van der Waals surface area contributed by atoms with Gasteiger partial charge in [-0.2, -0.15) is 15.0 Å². The second-order valence-electron chi connectivity index (χ2n) is 6.09. The van der Waals surface area contributed by atoms with Crippen molar-refractivity contribution in [1.29, 1.82) is 0 Å². The van der Waals surface area contributed by atoms with Crippen LogP contribution in [0.5, 0.6) is 5.75 Å². The van der Waals surface area contributed by atoms with Gasteiger partial charge in [0.15, 0.2) is 5.82 Å². The molecule has 2 aromatic heterocycles. The molecular weight excluding hydrogens is 334 g/mol. The van der Waals surface area contributed by atoms with E-state index in [0.717, 1.165) is 23.8 Å². The number of anilines is 2. The molecular formula is C18H21N5O3. The van der Waals surface area contributed by atoms with E-state index in [4.69, 9.17) is 14.9 Å². The first-order valence-electron chi connectivity index (χ1n) is 8.33. The molecule has 0 aliphatic rings. The monoisotopic (exact) mass is 355 g/mol. The minimum atomic E-state index is -0.362. The lowest BCUT2D eigenvalue weighted by molar-refractivity contribution is 0.295. The predicted molar refractivity (Wildman–Crippen MR) is 99.4 cm³/mol. The second-order valence-corrected chi connectivity index (χ2v) is 6.09. The zero-order chi connectivity index (χ0) is 18.7. The largest absolute Gasteiger partial charge is 0.485 e. The molecule has 26 heavy (non-hydrogen) atoms. The molecule has 0 unspecified atom stereocenters. The summed E-state index contributed by atoms with van der Waals surface area (Å²) in [7, 11) is 3.64. The van der Waals surface area contributed by atoms with Crippen LogP contribution in [0.15, 0.2) is 33.5 Å². The molecule has 0 bridgehead atoms. The smallest absolute Gasteiger partial charge is 0.336 e. The number of hydrogen-bond acceptors (Lipinski definition) is 8. The van der Waals surface area contributed by atoms with Gasteiger partial charge in [-0.25, -0.2) is 4.79 Å². The van der Waals surface area contributed by atoms with Crippen LogP contribution in [0, 0.1) is 0 Å². The van der Waals surface area contributed by atoms with Gasteiger partial charge in [0.1, 0.15) is 17.9 Å². The Morgan fingerprint density at radius 1 is 1.19 bits per heavy atom. The van der Waals surface area contributed by atoms with E-state index in [1.54, 1.807) is 17.0 Å². The highest BCUT2D eigenvalue weighted by Crippen LogP contribution is 2.24. The minimum absolute atomic E-state index is 0.123. The van der Waals surface area contributed by atoms with Crippen molar-refractivity contribution in [2.24, 2.45) is 0 Å². The first-order chi connectivity index (χ1) is 12.5. The number of rotatable bonds is 6. The molecule has 0 amide bonds. The Bertz CT molecular complexity index is 984. The summed E-state index contributed by atoms with van der Waals surface area (Å²) < 4.78 is 11.0. The molecule has 1 aromatic carbocycles. The lowest BCUT2D eigenvalue weighted by Gasteiger charge is -2.12. The number of nitrogen functional groups attached to an aromatic ring is 1. The van der Waals surface area contributed by atoms with E-state index in [-0.39, 0.29) is 18.2 Å². The van der Waals surface area contributed by atoms with Crippen LogP contribution in [-0.2, 0) is 13.0 Å². The number of nitrogens with two attached hydrogens (primary N) is 1. The maximum Gasteiger partial charge on any atom is 0.336 e. The van der Waals surface area contributed by atoms with Crippen molar-refractivity contribution in [2.45, 2.75) is 26.4 Å². The zero-order valence-corrected chi connectivity index (χ0v) is 15.0. The van der Waals surface area contributed by atoms with Gasteiger partial charge < -0.3 is 19.8 Å².